The molecule has 0 aliphatic heterocycles. The number of thioether (sulfide) groups is 1. The normalized spacial score (nSPS) is 12.4. The van der Waals surface area contributed by atoms with Gasteiger partial charge in [0, 0.05) is 11.5 Å². The highest BCUT2D eigenvalue weighted by Crippen LogP contribution is 2.34. The third kappa shape index (κ3) is 3.35. The van der Waals surface area contributed by atoms with Crippen molar-refractivity contribution in [2.24, 2.45) is 0 Å². The van der Waals surface area contributed by atoms with Crippen LogP contribution < -0.4 is 5.32 Å². The van der Waals surface area contributed by atoms with Gasteiger partial charge in [0.2, 0.25) is 5.91 Å². The molecular weight excluding hydrogens is 372 g/mol. The van der Waals surface area contributed by atoms with Crippen molar-refractivity contribution in [3.8, 4) is 0 Å². The molecule has 0 aliphatic carbocycles. The lowest BCUT2D eigenvalue weighted by atomic mass is 10.2. The monoisotopic (exact) mass is 385 g/mol. The number of amides is 1. The van der Waals surface area contributed by atoms with Crippen LogP contribution in [0.4, 0.5) is 14.5 Å². The Morgan fingerprint density at radius 3 is 2.85 bits per heavy atom. The van der Waals surface area contributed by atoms with Crippen LogP contribution in [0.2, 0.25) is 0 Å². The molecule has 4 aromatic rings. The maximum Gasteiger partial charge on any atom is 0.237 e. The number of hydrogen-bond acceptors (Lipinski definition) is 5. The molecule has 2 heterocycles. The Kier molecular flexibility index (Phi) is 4.49. The minimum absolute atomic E-state index is 0.205. The molecule has 2 aromatic heterocycles. The van der Waals surface area contributed by atoms with Gasteiger partial charge in [-0.25, -0.2) is 18.7 Å². The summed E-state index contributed by atoms with van der Waals surface area (Å²) in [5, 5.41) is 3.13. The molecule has 0 unspecified atom stereocenters. The van der Waals surface area contributed by atoms with Gasteiger partial charge in [0.1, 0.15) is 34.1 Å². The van der Waals surface area contributed by atoms with Crippen LogP contribution in [0.3, 0.4) is 0 Å². The summed E-state index contributed by atoms with van der Waals surface area (Å²) in [6.07, 6.45) is 1.41. The number of carbonyl (C=O) groups excluding carboxylic acids is 1. The molecule has 1 atom stereocenters. The maximum absolute atomic E-state index is 13.7. The number of fused-ring (bicyclic) bond motifs is 3. The highest BCUT2D eigenvalue weighted by molar-refractivity contribution is 8.00. The van der Waals surface area contributed by atoms with E-state index in [-0.39, 0.29) is 5.69 Å². The second-order valence-electron chi connectivity index (χ2n) is 5.83. The fraction of sp³-hybridized carbons (Fsp3) is 0.105. The molecule has 4 rings (SSSR count). The summed E-state index contributed by atoms with van der Waals surface area (Å²) in [6.45, 7) is 1.65. The number of hydrogen-bond donors (Lipinski definition) is 1. The Hall–Kier alpha value is -3.00. The van der Waals surface area contributed by atoms with Gasteiger partial charge in [0.15, 0.2) is 5.58 Å². The van der Waals surface area contributed by atoms with E-state index in [0.717, 1.165) is 35.3 Å². The van der Waals surface area contributed by atoms with Gasteiger partial charge in [-0.05, 0) is 31.2 Å². The van der Waals surface area contributed by atoms with Crippen molar-refractivity contribution in [1.82, 2.24) is 9.97 Å². The molecule has 8 heteroatoms. The van der Waals surface area contributed by atoms with E-state index in [2.05, 4.69) is 15.3 Å². The third-order valence-electron chi connectivity index (χ3n) is 3.97. The molecule has 136 valence electrons. The number of benzene rings is 2. The molecule has 2 aromatic carbocycles. The molecule has 5 nitrogen and oxygen atoms in total. The van der Waals surface area contributed by atoms with Crippen LogP contribution in [0.25, 0.3) is 22.1 Å². The number of carbonyl (C=O) groups is 1. The average molecular weight is 385 g/mol. The first kappa shape index (κ1) is 17.4. The largest absolute Gasteiger partial charge is 0.451 e. The van der Waals surface area contributed by atoms with Gasteiger partial charge in [-0.3, -0.25) is 4.79 Å². The lowest BCUT2D eigenvalue weighted by molar-refractivity contribution is -0.115. The first-order valence-electron chi connectivity index (χ1n) is 8.08. The zero-order valence-electron chi connectivity index (χ0n) is 14.1. The molecule has 0 fully saturated rings. The number of anilines is 1. The Labute approximate surface area is 156 Å². The van der Waals surface area contributed by atoms with Gasteiger partial charge in [-0.1, -0.05) is 23.9 Å². The smallest absolute Gasteiger partial charge is 0.237 e. The van der Waals surface area contributed by atoms with Crippen LogP contribution in [-0.2, 0) is 4.79 Å². The van der Waals surface area contributed by atoms with Crippen molar-refractivity contribution >= 4 is 45.4 Å². The van der Waals surface area contributed by atoms with Crippen molar-refractivity contribution in [3.05, 3.63) is 60.4 Å². The fourth-order valence-electron chi connectivity index (χ4n) is 2.64. The van der Waals surface area contributed by atoms with Crippen LogP contribution >= 0.6 is 11.8 Å². The molecular formula is C19H13F2N3O2S. The highest BCUT2D eigenvalue weighted by Gasteiger charge is 2.21. The van der Waals surface area contributed by atoms with Crippen molar-refractivity contribution in [1.29, 1.82) is 0 Å². The minimum Gasteiger partial charge on any atom is -0.451 e. The second-order valence-corrected chi connectivity index (χ2v) is 7.16. The number of rotatable bonds is 4. The summed E-state index contributed by atoms with van der Waals surface area (Å²) in [6, 6.07) is 10.4. The van der Waals surface area contributed by atoms with Crippen LogP contribution in [0, 0.1) is 11.6 Å². The molecule has 0 bridgehead atoms. The molecule has 0 radical (unpaired) electrons. The lowest BCUT2D eigenvalue weighted by Crippen LogP contribution is -2.23. The SMILES string of the molecule is C[C@H](Sc1ncnc2c1oc1ccccc12)C(=O)Nc1cc(F)ccc1F. The zero-order valence-corrected chi connectivity index (χ0v) is 14.9. The second kappa shape index (κ2) is 6.96. The van der Waals surface area contributed by atoms with Gasteiger partial charge < -0.3 is 9.73 Å². The van der Waals surface area contributed by atoms with Gasteiger partial charge in [0.05, 0.1) is 10.9 Å². The van der Waals surface area contributed by atoms with Crippen molar-refractivity contribution in [2.45, 2.75) is 17.2 Å². The Balaban J connectivity index is 1.60. The zero-order chi connectivity index (χ0) is 19.0. The summed E-state index contributed by atoms with van der Waals surface area (Å²) in [5.74, 6) is -1.82. The number of halogens is 2. The number of nitrogens with one attached hydrogen (secondary N) is 1. The van der Waals surface area contributed by atoms with Crippen LogP contribution in [0.1, 0.15) is 6.92 Å². The number of nitrogens with zero attached hydrogens (tertiary/aromatic N) is 2. The highest BCUT2D eigenvalue weighted by atomic mass is 32.2. The minimum atomic E-state index is -0.705. The topological polar surface area (TPSA) is 68.0 Å². The molecule has 0 spiro atoms. The summed E-state index contributed by atoms with van der Waals surface area (Å²) in [4.78, 5) is 20.9. The quantitative estimate of drug-likeness (QED) is 0.405. The molecule has 1 amide bonds. The number of furan rings is 1. The average Bonchev–Trinajstić information content (AvgIpc) is 3.04. The summed E-state index contributed by atoms with van der Waals surface area (Å²) in [5.41, 5.74) is 1.62. The summed E-state index contributed by atoms with van der Waals surface area (Å²) < 4.78 is 32.8. The predicted molar refractivity (Wildman–Crippen MR) is 99.6 cm³/mol. The standard InChI is InChI=1S/C19H13F2N3O2S/c1-10(18(25)24-14-8-11(20)6-7-13(14)21)27-19-17-16(22-9-23-19)12-4-2-3-5-15(12)26-17/h2-10H,1H3,(H,24,25)/t10-/m0/s1. The Morgan fingerprint density at radius 1 is 1.19 bits per heavy atom. The van der Waals surface area contributed by atoms with Gasteiger partial charge >= 0.3 is 0 Å². The number of para-hydroxylation sites is 1. The maximum atomic E-state index is 13.7. The van der Waals surface area contributed by atoms with Gasteiger partial charge in [-0.2, -0.15) is 0 Å². The van der Waals surface area contributed by atoms with E-state index in [9.17, 15) is 13.6 Å². The first-order chi connectivity index (χ1) is 13.0. The van der Waals surface area contributed by atoms with Crippen molar-refractivity contribution < 1.29 is 18.0 Å². The van der Waals surface area contributed by atoms with Crippen LogP contribution in [-0.4, -0.2) is 21.1 Å². The molecule has 27 heavy (non-hydrogen) atoms. The van der Waals surface area contributed by atoms with E-state index < -0.39 is 22.8 Å². The number of aromatic nitrogens is 2. The van der Waals surface area contributed by atoms with E-state index in [1.807, 2.05) is 24.3 Å². The fourth-order valence-corrected chi connectivity index (χ4v) is 3.49. The Morgan fingerprint density at radius 2 is 2.00 bits per heavy atom. The molecule has 0 saturated heterocycles. The first-order valence-corrected chi connectivity index (χ1v) is 8.95. The summed E-state index contributed by atoms with van der Waals surface area (Å²) >= 11 is 1.15. The van der Waals surface area contributed by atoms with Crippen molar-refractivity contribution in [3.63, 3.8) is 0 Å². The van der Waals surface area contributed by atoms with E-state index in [0.29, 0.717) is 21.7 Å². The lowest BCUT2D eigenvalue weighted by Gasteiger charge is -2.12. The Bertz CT molecular complexity index is 1160. The van der Waals surface area contributed by atoms with E-state index in [4.69, 9.17) is 4.42 Å². The molecule has 1 N–H and O–H groups in total. The predicted octanol–water partition coefficient (Wildman–Crippen LogP) is 4.77. The van der Waals surface area contributed by atoms with Crippen molar-refractivity contribution in [2.75, 3.05) is 5.32 Å². The van der Waals surface area contributed by atoms with Crippen LogP contribution in [0.15, 0.2) is 58.2 Å². The van der Waals surface area contributed by atoms with Gasteiger partial charge in [0.25, 0.3) is 0 Å². The van der Waals surface area contributed by atoms with Gasteiger partial charge in [-0.15, -0.1) is 0 Å². The summed E-state index contributed by atoms with van der Waals surface area (Å²) in [7, 11) is 0. The van der Waals surface area contributed by atoms with Crippen LogP contribution in [0.5, 0.6) is 0 Å². The molecule has 0 saturated carbocycles. The molecule has 0 aliphatic rings. The third-order valence-corrected chi connectivity index (χ3v) is 5.05. The van der Waals surface area contributed by atoms with E-state index in [1.165, 1.54) is 6.33 Å². The van der Waals surface area contributed by atoms with E-state index in [1.54, 1.807) is 6.92 Å². The van der Waals surface area contributed by atoms with E-state index >= 15 is 0 Å².